The lowest BCUT2D eigenvalue weighted by Gasteiger charge is -2.39. The SMILES string of the molecule is CC(c1ccc(Cl)cc1)N(C)C(CN)C1CCCOC1. The highest BCUT2D eigenvalue weighted by Gasteiger charge is 2.29. The number of hydrogen-bond acceptors (Lipinski definition) is 3. The number of halogens is 1. The van der Waals surface area contributed by atoms with E-state index in [1.165, 1.54) is 12.0 Å². The van der Waals surface area contributed by atoms with Gasteiger partial charge in [-0.15, -0.1) is 0 Å². The van der Waals surface area contributed by atoms with Gasteiger partial charge in [0.25, 0.3) is 0 Å². The molecule has 1 aliphatic rings. The zero-order chi connectivity index (χ0) is 14.5. The van der Waals surface area contributed by atoms with E-state index in [4.69, 9.17) is 22.1 Å². The number of nitrogens with zero attached hydrogens (tertiary/aromatic N) is 1. The van der Waals surface area contributed by atoms with Crippen molar-refractivity contribution in [3.8, 4) is 0 Å². The molecule has 1 fully saturated rings. The molecule has 1 aliphatic heterocycles. The van der Waals surface area contributed by atoms with E-state index in [1.807, 2.05) is 12.1 Å². The van der Waals surface area contributed by atoms with Crippen molar-refractivity contribution in [3.63, 3.8) is 0 Å². The van der Waals surface area contributed by atoms with Crippen LogP contribution in [0, 0.1) is 5.92 Å². The molecule has 3 atom stereocenters. The molecule has 2 rings (SSSR count). The van der Waals surface area contributed by atoms with Crippen molar-refractivity contribution in [3.05, 3.63) is 34.9 Å². The molecule has 20 heavy (non-hydrogen) atoms. The van der Waals surface area contributed by atoms with E-state index < -0.39 is 0 Å². The van der Waals surface area contributed by atoms with Crippen LogP contribution < -0.4 is 5.73 Å². The molecular weight excluding hydrogens is 272 g/mol. The molecule has 0 radical (unpaired) electrons. The topological polar surface area (TPSA) is 38.5 Å². The van der Waals surface area contributed by atoms with Crippen molar-refractivity contribution in [2.75, 3.05) is 26.8 Å². The molecule has 0 spiro atoms. The monoisotopic (exact) mass is 296 g/mol. The molecule has 0 saturated carbocycles. The molecule has 1 heterocycles. The smallest absolute Gasteiger partial charge is 0.0509 e. The lowest BCUT2D eigenvalue weighted by atomic mass is 9.91. The third kappa shape index (κ3) is 3.73. The van der Waals surface area contributed by atoms with Crippen LogP contribution in [0.1, 0.15) is 31.4 Å². The maximum atomic E-state index is 6.03. The minimum Gasteiger partial charge on any atom is -0.381 e. The van der Waals surface area contributed by atoms with Crippen molar-refractivity contribution < 1.29 is 4.74 Å². The molecular formula is C16H25ClN2O. The zero-order valence-corrected chi connectivity index (χ0v) is 13.1. The largest absolute Gasteiger partial charge is 0.381 e. The number of nitrogens with two attached hydrogens (primary N) is 1. The molecule has 0 amide bonds. The average Bonchev–Trinajstić information content (AvgIpc) is 2.49. The van der Waals surface area contributed by atoms with Crippen LogP contribution in [0.4, 0.5) is 0 Å². The van der Waals surface area contributed by atoms with E-state index in [0.717, 1.165) is 24.7 Å². The van der Waals surface area contributed by atoms with Crippen LogP contribution in [0.3, 0.4) is 0 Å². The maximum absolute atomic E-state index is 6.03. The Morgan fingerprint density at radius 2 is 2.10 bits per heavy atom. The van der Waals surface area contributed by atoms with Gasteiger partial charge in [0, 0.05) is 30.3 Å². The van der Waals surface area contributed by atoms with Gasteiger partial charge in [0.2, 0.25) is 0 Å². The van der Waals surface area contributed by atoms with Gasteiger partial charge >= 0.3 is 0 Å². The van der Waals surface area contributed by atoms with Crippen LogP contribution >= 0.6 is 11.6 Å². The first-order chi connectivity index (χ1) is 9.63. The molecule has 3 unspecified atom stereocenters. The van der Waals surface area contributed by atoms with Gasteiger partial charge in [-0.25, -0.2) is 0 Å². The predicted octanol–water partition coefficient (Wildman–Crippen LogP) is 3.09. The van der Waals surface area contributed by atoms with Crippen LogP contribution in [0.15, 0.2) is 24.3 Å². The third-order valence-corrected chi connectivity index (χ3v) is 4.72. The molecule has 0 aromatic heterocycles. The first-order valence-corrected chi connectivity index (χ1v) is 7.76. The first kappa shape index (κ1) is 15.8. The van der Waals surface area contributed by atoms with Crippen LogP contribution in [0.5, 0.6) is 0 Å². The minimum atomic E-state index is 0.322. The molecule has 0 bridgehead atoms. The van der Waals surface area contributed by atoms with Crippen molar-refractivity contribution in [2.24, 2.45) is 11.7 Å². The normalized spacial score (nSPS) is 22.8. The Morgan fingerprint density at radius 1 is 1.40 bits per heavy atom. The number of hydrogen-bond donors (Lipinski definition) is 1. The first-order valence-electron chi connectivity index (χ1n) is 7.38. The van der Waals surface area contributed by atoms with E-state index in [9.17, 15) is 0 Å². The van der Waals surface area contributed by atoms with Gasteiger partial charge < -0.3 is 10.5 Å². The van der Waals surface area contributed by atoms with Gasteiger partial charge in [-0.1, -0.05) is 23.7 Å². The molecule has 1 aromatic rings. The Labute approximate surface area is 127 Å². The van der Waals surface area contributed by atoms with Gasteiger partial charge in [0.15, 0.2) is 0 Å². The summed E-state index contributed by atoms with van der Waals surface area (Å²) in [6, 6.07) is 8.76. The Bertz CT molecular complexity index is 403. The summed E-state index contributed by atoms with van der Waals surface area (Å²) < 4.78 is 5.62. The molecule has 4 heteroatoms. The fourth-order valence-corrected chi connectivity index (χ4v) is 3.15. The number of likely N-dealkylation sites (N-methyl/N-ethyl adjacent to an activating group) is 1. The summed E-state index contributed by atoms with van der Waals surface area (Å²) in [6.45, 7) is 4.61. The highest BCUT2D eigenvalue weighted by Crippen LogP contribution is 2.27. The maximum Gasteiger partial charge on any atom is 0.0509 e. The van der Waals surface area contributed by atoms with Crippen LogP contribution in [0.25, 0.3) is 0 Å². The second-order valence-electron chi connectivity index (χ2n) is 5.67. The van der Waals surface area contributed by atoms with E-state index in [-0.39, 0.29) is 0 Å². The van der Waals surface area contributed by atoms with Crippen LogP contribution in [-0.2, 0) is 4.74 Å². The van der Waals surface area contributed by atoms with Crippen molar-refractivity contribution in [2.45, 2.75) is 31.8 Å². The molecule has 112 valence electrons. The van der Waals surface area contributed by atoms with E-state index >= 15 is 0 Å². The second-order valence-corrected chi connectivity index (χ2v) is 6.11. The lowest BCUT2D eigenvalue weighted by Crippen LogP contribution is -2.47. The minimum absolute atomic E-state index is 0.322. The Balaban J connectivity index is 2.06. The molecule has 1 saturated heterocycles. The summed E-state index contributed by atoms with van der Waals surface area (Å²) in [4.78, 5) is 2.38. The molecule has 1 aromatic carbocycles. The van der Waals surface area contributed by atoms with E-state index in [0.29, 0.717) is 24.5 Å². The molecule has 0 aliphatic carbocycles. The second kappa shape index (κ2) is 7.41. The van der Waals surface area contributed by atoms with Gasteiger partial charge in [0.1, 0.15) is 0 Å². The van der Waals surface area contributed by atoms with E-state index in [2.05, 4.69) is 31.0 Å². The molecule has 2 N–H and O–H groups in total. The average molecular weight is 297 g/mol. The Morgan fingerprint density at radius 3 is 2.65 bits per heavy atom. The highest BCUT2D eigenvalue weighted by molar-refractivity contribution is 6.30. The fraction of sp³-hybridized carbons (Fsp3) is 0.625. The summed E-state index contributed by atoms with van der Waals surface area (Å²) >= 11 is 5.96. The summed E-state index contributed by atoms with van der Waals surface area (Å²) in [5, 5.41) is 0.777. The van der Waals surface area contributed by atoms with E-state index in [1.54, 1.807) is 0 Å². The standard InChI is InChI=1S/C16H25ClN2O/c1-12(13-5-7-15(17)8-6-13)19(2)16(10-18)14-4-3-9-20-11-14/h5-8,12,14,16H,3-4,9-11,18H2,1-2H3. The summed E-state index contributed by atoms with van der Waals surface area (Å²) in [5.74, 6) is 0.536. The summed E-state index contributed by atoms with van der Waals surface area (Å²) in [6.07, 6.45) is 2.35. The fourth-order valence-electron chi connectivity index (χ4n) is 3.02. The van der Waals surface area contributed by atoms with Gasteiger partial charge in [-0.05, 0) is 50.4 Å². The van der Waals surface area contributed by atoms with Gasteiger partial charge in [-0.3, -0.25) is 4.90 Å². The zero-order valence-electron chi connectivity index (χ0n) is 12.4. The quantitative estimate of drug-likeness (QED) is 0.907. The Kier molecular flexibility index (Phi) is 5.85. The molecule has 3 nitrogen and oxygen atoms in total. The summed E-state index contributed by atoms with van der Waals surface area (Å²) in [7, 11) is 2.16. The summed E-state index contributed by atoms with van der Waals surface area (Å²) in [5.41, 5.74) is 7.30. The number of rotatable bonds is 5. The van der Waals surface area contributed by atoms with Crippen molar-refractivity contribution in [1.29, 1.82) is 0 Å². The number of benzene rings is 1. The van der Waals surface area contributed by atoms with Crippen LogP contribution in [0.2, 0.25) is 5.02 Å². The van der Waals surface area contributed by atoms with Crippen LogP contribution in [-0.4, -0.2) is 37.7 Å². The highest BCUT2D eigenvalue weighted by atomic mass is 35.5. The van der Waals surface area contributed by atoms with Gasteiger partial charge in [0.05, 0.1) is 6.61 Å². The van der Waals surface area contributed by atoms with Crippen molar-refractivity contribution >= 4 is 11.6 Å². The predicted molar refractivity (Wildman–Crippen MR) is 84.0 cm³/mol. The third-order valence-electron chi connectivity index (χ3n) is 4.47. The Hall–Kier alpha value is -0.610. The lowest BCUT2D eigenvalue weighted by molar-refractivity contribution is 0.00884. The number of ether oxygens (including phenoxy) is 1. The van der Waals surface area contributed by atoms with Crippen molar-refractivity contribution in [1.82, 2.24) is 4.90 Å². The van der Waals surface area contributed by atoms with Gasteiger partial charge in [-0.2, -0.15) is 0 Å².